The summed E-state index contributed by atoms with van der Waals surface area (Å²) in [5.41, 5.74) is 0. The fraction of sp³-hybridized carbons (Fsp3) is 0.818. The Bertz CT molecular complexity index is 449. The molecular weight excluding hydrogens is 270 g/mol. The first-order valence-electron chi connectivity index (χ1n) is 6.30. The summed E-state index contributed by atoms with van der Waals surface area (Å²) >= 11 is 0. The third kappa shape index (κ3) is 4.55. The van der Waals surface area contributed by atoms with Crippen molar-refractivity contribution in [2.24, 2.45) is 0 Å². The van der Waals surface area contributed by atoms with E-state index in [0.29, 0.717) is 6.54 Å². The lowest BCUT2D eigenvalue weighted by Gasteiger charge is -2.21. The molecule has 2 N–H and O–H groups in total. The van der Waals surface area contributed by atoms with Gasteiger partial charge in [-0.3, -0.25) is 14.5 Å². The van der Waals surface area contributed by atoms with Crippen molar-refractivity contribution in [3.63, 3.8) is 0 Å². The minimum absolute atomic E-state index is 0.0963. The molecule has 1 fully saturated rings. The molecule has 0 aliphatic carbocycles. The Balaban J connectivity index is 2.45. The fourth-order valence-electron chi connectivity index (χ4n) is 1.94. The molecule has 0 aromatic heterocycles. The van der Waals surface area contributed by atoms with Gasteiger partial charge < -0.3 is 5.32 Å². The highest BCUT2D eigenvalue weighted by Crippen LogP contribution is 2.17. The van der Waals surface area contributed by atoms with Crippen LogP contribution in [0.3, 0.4) is 0 Å². The van der Waals surface area contributed by atoms with E-state index in [-0.39, 0.29) is 30.8 Å². The topological polar surface area (TPSA) is 95.6 Å². The van der Waals surface area contributed by atoms with E-state index >= 15 is 0 Å². The van der Waals surface area contributed by atoms with Crippen molar-refractivity contribution < 1.29 is 18.0 Å². The molecule has 7 nitrogen and oxygen atoms in total. The molecular formula is C11H21N3O4S. The van der Waals surface area contributed by atoms with Crippen molar-refractivity contribution in [2.75, 3.05) is 19.3 Å². The molecule has 0 aromatic rings. The van der Waals surface area contributed by atoms with Gasteiger partial charge in [0.05, 0.1) is 18.7 Å². The van der Waals surface area contributed by atoms with Gasteiger partial charge in [0, 0.05) is 19.1 Å². The minimum atomic E-state index is -3.22. The van der Waals surface area contributed by atoms with Crippen molar-refractivity contribution in [1.29, 1.82) is 0 Å². The largest absolute Gasteiger partial charge is 0.304 e. The van der Waals surface area contributed by atoms with Gasteiger partial charge in [-0.25, -0.2) is 13.1 Å². The lowest BCUT2D eigenvalue weighted by molar-refractivity contribution is -0.141. The van der Waals surface area contributed by atoms with Crippen LogP contribution in [0.2, 0.25) is 0 Å². The lowest BCUT2D eigenvalue weighted by Crippen LogP contribution is -2.44. The van der Waals surface area contributed by atoms with E-state index in [1.54, 1.807) is 0 Å². The number of nitrogens with zero attached hydrogens (tertiary/aromatic N) is 1. The molecule has 0 radical (unpaired) electrons. The molecule has 110 valence electrons. The van der Waals surface area contributed by atoms with Gasteiger partial charge in [0.15, 0.2) is 0 Å². The maximum absolute atomic E-state index is 12.0. The molecule has 19 heavy (non-hydrogen) atoms. The summed E-state index contributed by atoms with van der Waals surface area (Å²) in [4.78, 5) is 25.0. The van der Waals surface area contributed by atoms with Crippen molar-refractivity contribution in [3.8, 4) is 0 Å². The first kappa shape index (κ1) is 16.1. The van der Waals surface area contributed by atoms with Gasteiger partial charge in [0.25, 0.3) is 0 Å². The minimum Gasteiger partial charge on any atom is -0.304 e. The smallest absolute Gasteiger partial charge is 0.247 e. The molecule has 2 atom stereocenters. The average molecular weight is 291 g/mol. The van der Waals surface area contributed by atoms with Crippen LogP contribution in [0.1, 0.15) is 26.7 Å². The second-order valence-corrected chi connectivity index (χ2v) is 6.57. The van der Waals surface area contributed by atoms with Gasteiger partial charge in [-0.2, -0.15) is 0 Å². The van der Waals surface area contributed by atoms with Crippen molar-refractivity contribution in [2.45, 2.75) is 38.8 Å². The van der Waals surface area contributed by atoms with Crippen molar-refractivity contribution in [3.05, 3.63) is 0 Å². The third-order valence-corrected chi connectivity index (χ3v) is 3.82. The Morgan fingerprint density at radius 2 is 2.00 bits per heavy atom. The summed E-state index contributed by atoms with van der Waals surface area (Å²) in [5, 5.41) is 2.90. The first-order valence-corrected chi connectivity index (χ1v) is 8.19. The van der Waals surface area contributed by atoms with Crippen LogP contribution >= 0.6 is 0 Å². The predicted molar refractivity (Wildman–Crippen MR) is 70.9 cm³/mol. The van der Waals surface area contributed by atoms with Crippen molar-refractivity contribution >= 4 is 21.8 Å². The molecule has 1 rings (SSSR count). The zero-order chi connectivity index (χ0) is 14.6. The zero-order valence-corrected chi connectivity index (χ0v) is 12.3. The van der Waals surface area contributed by atoms with E-state index in [9.17, 15) is 18.0 Å². The number of amides is 2. The van der Waals surface area contributed by atoms with Gasteiger partial charge in [0.1, 0.15) is 0 Å². The van der Waals surface area contributed by atoms with Crippen LogP contribution in [0.15, 0.2) is 0 Å². The van der Waals surface area contributed by atoms with E-state index in [1.165, 1.54) is 4.90 Å². The van der Waals surface area contributed by atoms with E-state index in [0.717, 1.165) is 12.7 Å². The molecule has 0 spiro atoms. The number of carbonyl (C=O) groups excluding carboxylic acids is 2. The first-order chi connectivity index (χ1) is 8.76. The molecule has 8 heteroatoms. The Morgan fingerprint density at radius 1 is 1.37 bits per heavy atom. The monoisotopic (exact) mass is 291 g/mol. The van der Waals surface area contributed by atoms with Crippen LogP contribution in [0.4, 0.5) is 0 Å². The highest BCUT2D eigenvalue weighted by atomic mass is 32.2. The Kier molecular flexibility index (Phi) is 5.45. The summed E-state index contributed by atoms with van der Waals surface area (Å²) in [6.07, 6.45) is 1.93. The number of likely N-dealkylation sites (tertiary alicyclic amines) is 1. The molecule has 1 aliphatic heterocycles. The Labute approximate surface area is 113 Å². The summed E-state index contributed by atoms with van der Waals surface area (Å²) in [6, 6.07) is -0.635. The second-order valence-electron chi connectivity index (χ2n) is 4.74. The third-order valence-electron chi connectivity index (χ3n) is 3.09. The summed E-state index contributed by atoms with van der Waals surface area (Å²) < 4.78 is 24.0. The Morgan fingerprint density at radius 3 is 2.53 bits per heavy atom. The van der Waals surface area contributed by atoms with Crippen LogP contribution in [0, 0.1) is 0 Å². The molecule has 0 saturated carbocycles. The predicted octanol–water partition coefficient (Wildman–Crippen LogP) is -0.949. The molecule has 2 amide bonds. The van der Waals surface area contributed by atoms with Crippen LogP contribution in [0.25, 0.3) is 0 Å². The number of hydrogen-bond donors (Lipinski definition) is 2. The van der Waals surface area contributed by atoms with Crippen molar-refractivity contribution in [1.82, 2.24) is 14.9 Å². The average Bonchev–Trinajstić information content (AvgIpc) is 2.58. The lowest BCUT2D eigenvalue weighted by atomic mass is 10.2. The molecule has 1 aliphatic rings. The number of carbonyl (C=O) groups is 2. The second kappa shape index (κ2) is 6.44. The normalized spacial score (nSPS) is 22.1. The zero-order valence-electron chi connectivity index (χ0n) is 11.5. The van der Waals surface area contributed by atoms with E-state index in [1.807, 2.05) is 13.8 Å². The van der Waals surface area contributed by atoms with Gasteiger partial charge >= 0.3 is 0 Å². The number of imide groups is 1. The highest BCUT2D eigenvalue weighted by molar-refractivity contribution is 7.88. The number of rotatable bonds is 7. The molecule has 1 saturated heterocycles. The maximum Gasteiger partial charge on any atom is 0.247 e. The summed E-state index contributed by atoms with van der Waals surface area (Å²) in [6.45, 7) is 4.26. The van der Waals surface area contributed by atoms with E-state index in [4.69, 9.17) is 0 Å². The van der Waals surface area contributed by atoms with Crippen LogP contribution in [-0.4, -0.2) is 56.6 Å². The number of hydrogen-bond acceptors (Lipinski definition) is 5. The van der Waals surface area contributed by atoms with E-state index in [2.05, 4.69) is 10.0 Å². The van der Waals surface area contributed by atoms with Gasteiger partial charge in [-0.05, 0) is 13.3 Å². The molecule has 0 bridgehead atoms. The quantitative estimate of drug-likeness (QED) is 0.466. The summed E-state index contributed by atoms with van der Waals surface area (Å²) in [7, 11) is -3.22. The van der Waals surface area contributed by atoms with Gasteiger partial charge in [-0.15, -0.1) is 0 Å². The molecule has 1 heterocycles. The maximum atomic E-state index is 12.0. The van der Waals surface area contributed by atoms with Crippen LogP contribution < -0.4 is 10.0 Å². The highest BCUT2D eigenvalue weighted by Gasteiger charge is 2.40. The SMILES string of the molecule is CCC(C)N1C(=O)CC(NCCNS(C)(=O)=O)C1=O. The fourth-order valence-corrected chi connectivity index (χ4v) is 2.41. The van der Waals surface area contributed by atoms with E-state index < -0.39 is 16.1 Å². The van der Waals surface area contributed by atoms with Crippen LogP contribution in [0.5, 0.6) is 0 Å². The molecule has 2 unspecified atom stereocenters. The number of sulfonamides is 1. The van der Waals surface area contributed by atoms with Gasteiger partial charge in [-0.1, -0.05) is 6.92 Å². The molecule has 0 aromatic carbocycles. The van der Waals surface area contributed by atoms with Gasteiger partial charge in [0.2, 0.25) is 21.8 Å². The number of nitrogens with one attached hydrogen (secondary N) is 2. The van der Waals surface area contributed by atoms with Crippen LogP contribution in [-0.2, 0) is 19.6 Å². The Hall–Kier alpha value is -0.990. The summed E-state index contributed by atoms with van der Waals surface area (Å²) in [5.74, 6) is -0.397. The standard InChI is InChI=1S/C11H21N3O4S/c1-4-8(2)14-10(15)7-9(11(14)16)12-5-6-13-19(3,17)18/h8-9,12-13H,4-7H2,1-3H3.